The molecule has 0 spiro atoms. The first kappa shape index (κ1) is 18.5. The number of aryl methyl sites for hydroxylation is 1. The van der Waals surface area contributed by atoms with Crippen LogP contribution in [0.2, 0.25) is 5.02 Å². The number of methoxy groups -OCH3 is 1. The predicted octanol–water partition coefficient (Wildman–Crippen LogP) is 3.56. The summed E-state index contributed by atoms with van der Waals surface area (Å²) in [5.41, 5.74) is 1.49. The zero-order chi connectivity index (χ0) is 16.9. The Morgan fingerprint density at radius 2 is 2.18 bits per heavy atom. The lowest BCUT2D eigenvalue weighted by molar-refractivity contribution is -0.121. The van der Waals surface area contributed by atoms with E-state index in [1.807, 2.05) is 6.92 Å². The third-order valence-electron chi connectivity index (χ3n) is 3.38. The minimum absolute atomic E-state index is 0.0205. The van der Waals surface area contributed by atoms with Crippen LogP contribution in [-0.4, -0.2) is 26.9 Å². The number of hydrogen-bond donors (Lipinski definition) is 1. The van der Waals surface area contributed by atoms with Gasteiger partial charge >= 0.3 is 0 Å². The molecule has 0 saturated carbocycles. The Morgan fingerprint density at radius 1 is 1.55 bits per heavy atom. The first-order valence-electron chi connectivity index (χ1n) is 6.83. The standard InChI is InChI=1S/C16H21ClFNO3/c1-9(7-13(20)19-4)11(3)12-6-10(2)16(22-8-21-5)14(17)15(12)18/h6,9H,3,7-8H2,1-2,4-5H3,(H,19,20). The van der Waals surface area contributed by atoms with Crippen LogP contribution in [0.3, 0.4) is 0 Å². The molecule has 0 aliphatic heterocycles. The summed E-state index contributed by atoms with van der Waals surface area (Å²) in [5, 5.41) is 2.43. The Hall–Kier alpha value is -1.59. The van der Waals surface area contributed by atoms with E-state index in [2.05, 4.69) is 11.9 Å². The highest BCUT2D eigenvalue weighted by Crippen LogP contribution is 2.37. The van der Waals surface area contributed by atoms with Crippen LogP contribution in [0.4, 0.5) is 4.39 Å². The second-order valence-electron chi connectivity index (χ2n) is 5.05. The van der Waals surface area contributed by atoms with Crippen LogP contribution in [0.1, 0.15) is 24.5 Å². The maximum Gasteiger partial charge on any atom is 0.220 e. The highest BCUT2D eigenvalue weighted by molar-refractivity contribution is 6.32. The Kier molecular flexibility index (Phi) is 6.84. The minimum atomic E-state index is -0.605. The minimum Gasteiger partial charge on any atom is -0.466 e. The quantitative estimate of drug-likeness (QED) is 0.778. The Labute approximate surface area is 135 Å². The van der Waals surface area contributed by atoms with E-state index >= 15 is 0 Å². The lowest BCUT2D eigenvalue weighted by Gasteiger charge is -2.18. The molecule has 0 heterocycles. The molecule has 1 aromatic rings. The van der Waals surface area contributed by atoms with Crippen LogP contribution in [-0.2, 0) is 9.53 Å². The van der Waals surface area contributed by atoms with E-state index in [0.29, 0.717) is 16.7 Å². The van der Waals surface area contributed by atoms with E-state index in [1.165, 1.54) is 7.11 Å². The van der Waals surface area contributed by atoms with Crippen molar-refractivity contribution in [1.82, 2.24) is 5.32 Å². The highest BCUT2D eigenvalue weighted by Gasteiger charge is 2.21. The number of amides is 1. The first-order valence-corrected chi connectivity index (χ1v) is 7.21. The highest BCUT2D eigenvalue weighted by atomic mass is 35.5. The summed E-state index contributed by atoms with van der Waals surface area (Å²) in [5.74, 6) is -0.698. The fourth-order valence-electron chi connectivity index (χ4n) is 2.03. The third kappa shape index (κ3) is 4.21. The van der Waals surface area contributed by atoms with E-state index in [4.69, 9.17) is 21.1 Å². The van der Waals surface area contributed by atoms with Gasteiger partial charge in [-0.15, -0.1) is 0 Å². The van der Waals surface area contributed by atoms with E-state index in [9.17, 15) is 9.18 Å². The van der Waals surface area contributed by atoms with Crippen LogP contribution in [0.15, 0.2) is 12.6 Å². The first-order chi connectivity index (χ1) is 10.3. The molecule has 4 nitrogen and oxygen atoms in total. The third-order valence-corrected chi connectivity index (χ3v) is 3.72. The predicted molar refractivity (Wildman–Crippen MR) is 85.5 cm³/mol. The zero-order valence-corrected chi connectivity index (χ0v) is 14.0. The number of carbonyl (C=O) groups is 1. The molecule has 0 aliphatic carbocycles. The fraction of sp³-hybridized carbons (Fsp3) is 0.438. The molecule has 1 rings (SSSR count). The number of halogens is 2. The van der Waals surface area contributed by atoms with Crippen LogP contribution in [0.25, 0.3) is 5.57 Å². The summed E-state index contributed by atoms with van der Waals surface area (Å²) in [6, 6.07) is 1.62. The van der Waals surface area contributed by atoms with Gasteiger partial charge in [0.15, 0.2) is 12.6 Å². The molecule has 0 bridgehead atoms. The van der Waals surface area contributed by atoms with Gasteiger partial charge in [-0.2, -0.15) is 0 Å². The van der Waals surface area contributed by atoms with Gasteiger partial charge in [0, 0.05) is 26.1 Å². The Morgan fingerprint density at radius 3 is 2.73 bits per heavy atom. The summed E-state index contributed by atoms with van der Waals surface area (Å²) in [6.07, 6.45) is 0.230. The largest absolute Gasteiger partial charge is 0.466 e. The van der Waals surface area contributed by atoms with Gasteiger partial charge in [-0.05, 0) is 30.0 Å². The van der Waals surface area contributed by atoms with E-state index < -0.39 is 5.82 Å². The molecule has 22 heavy (non-hydrogen) atoms. The molecule has 1 aromatic carbocycles. The molecule has 1 amide bonds. The fourth-order valence-corrected chi connectivity index (χ4v) is 2.34. The average molecular weight is 330 g/mol. The number of hydrogen-bond acceptors (Lipinski definition) is 3. The van der Waals surface area contributed by atoms with E-state index in [-0.39, 0.29) is 35.8 Å². The molecule has 0 radical (unpaired) electrons. The number of nitrogens with one attached hydrogen (secondary N) is 1. The number of benzene rings is 1. The summed E-state index contributed by atoms with van der Waals surface area (Å²) in [7, 11) is 3.03. The van der Waals surface area contributed by atoms with Gasteiger partial charge in [-0.3, -0.25) is 4.79 Å². The number of carbonyl (C=O) groups excluding carboxylic acids is 1. The zero-order valence-electron chi connectivity index (χ0n) is 13.3. The average Bonchev–Trinajstić information content (AvgIpc) is 2.49. The molecule has 0 saturated heterocycles. The van der Waals surface area contributed by atoms with Crippen LogP contribution < -0.4 is 10.1 Å². The molecule has 0 aliphatic rings. The van der Waals surface area contributed by atoms with Crippen molar-refractivity contribution in [2.45, 2.75) is 20.3 Å². The van der Waals surface area contributed by atoms with Crippen molar-refractivity contribution in [2.24, 2.45) is 5.92 Å². The smallest absolute Gasteiger partial charge is 0.220 e. The van der Waals surface area contributed by atoms with Crippen molar-refractivity contribution in [3.8, 4) is 5.75 Å². The summed E-state index contributed by atoms with van der Waals surface area (Å²) in [4.78, 5) is 11.4. The normalized spacial score (nSPS) is 11.9. The van der Waals surface area contributed by atoms with Gasteiger partial charge in [0.25, 0.3) is 0 Å². The molecule has 1 unspecified atom stereocenters. The van der Waals surface area contributed by atoms with Gasteiger partial charge in [-0.25, -0.2) is 4.39 Å². The SMILES string of the molecule is C=C(c1cc(C)c(OCOC)c(Cl)c1F)C(C)CC(=O)NC. The van der Waals surface area contributed by atoms with Crippen molar-refractivity contribution in [2.75, 3.05) is 21.0 Å². The molecule has 0 aromatic heterocycles. The van der Waals surface area contributed by atoms with Crippen LogP contribution in [0, 0.1) is 18.7 Å². The van der Waals surface area contributed by atoms with Crippen molar-refractivity contribution < 1.29 is 18.7 Å². The van der Waals surface area contributed by atoms with Crippen LogP contribution in [0.5, 0.6) is 5.75 Å². The van der Waals surface area contributed by atoms with Gasteiger partial charge in [0.05, 0.1) is 0 Å². The summed E-state index contributed by atoms with van der Waals surface area (Å²) >= 11 is 6.05. The number of ether oxygens (including phenoxy) is 2. The van der Waals surface area contributed by atoms with Gasteiger partial charge in [0.1, 0.15) is 10.8 Å². The van der Waals surface area contributed by atoms with Crippen molar-refractivity contribution in [1.29, 1.82) is 0 Å². The van der Waals surface area contributed by atoms with Gasteiger partial charge < -0.3 is 14.8 Å². The monoisotopic (exact) mass is 329 g/mol. The molecule has 122 valence electrons. The number of rotatable bonds is 7. The second-order valence-corrected chi connectivity index (χ2v) is 5.43. The van der Waals surface area contributed by atoms with Crippen molar-refractivity contribution in [3.63, 3.8) is 0 Å². The van der Waals surface area contributed by atoms with Crippen molar-refractivity contribution in [3.05, 3.63) is 34.6 Å². The summed E-state index contributed by atoms with van der Waals surface area (Å²) in [6.45, 7) is 7.46. The van der Waals surface area contributed by atoms with E-state index in [0.717, 1.165) is 0 Å². The molecule has 1 atom stereocenters. The Balaban J connectivity index is 3.10. The molecular weight excluding hydrogens is 309 g/mol. The molecule has 6 heteroatoms. The molecular formula is C16H21ClFNO3. The van der Waals surface area contributed by atoms with Crippen molar-refractivity contribution >= 4 is 23.1 Å². The maximum absolute atomic E-state index is 14.5. The van der Waals surface area contributed by atoms with Crippen LogP contribution >= 0.6 is 11.6 Å². The topological polar surface area (TPSA) is 47.6 Å². The number of allylic oxidation sites excluding steroid dienone is 1. The van der Waals surface area contributed by atoms with Gasteiger partial charge in [0.2, 0.25) is 5.91 Å². The lowest BCUT2D eigenvalue weighted by Crippen LogP contribution is -2.20. The van der Waals surface area contributed by atoms with Gasteiger partial charge in [-0.1, -0.05) is 25.1 Å². The Bertz CT molecular complexity index is 575. The van der Waals surface area contributed by atoms with E-state index in [1.54, 1.807) is 20.0 Å². The second kappa shape index (κ2) is 8.15. The molecule has 0 fully saturated rings. The maximum atomic E-state index is 14.5. The lowest BCUT2D eigenvalue weighted by atomic mass is 9.91. The summed E-state index contributed by atoms with van der Waals surface area (Å²) < 4.78 is 24.6. The molecule has 1 N–H and O–H groups in total.